The Kier molecular flexibility index (Phi) is 6.21. The summed E-state index contributed by atoms with van der Waals surface area (Å²) in [6, 6.07) is 5.05. The Morgan fingerprint density at radius 2 is 2.15 bits per heavy atom. The van der Waals surface area contributed by atoms with Gasteiger partial charge in [-0.15, -0.1) is 0 Å². The van der Waals surface area contributed by atoms with Crippen LogP contribution in [-0.4, -0.2) is 35.1 Å². The SMILES string of the molecule is C=CC(=O)N(Cc1cnn(CC(F)F)c1)c1cccc(C(=O)NC)c1C. The summed E-state index contributed by atoms with van der Waals surface area (Å²) >= 11 is 0. The lowest BCUT2D eigenvalue weighted by atomic mass is 10.0. The van der Waals surface area contributed by atoms with Crippen molar-refractivity contribution < 1.29 is 18.4 Å². The van der Waals surface area contributed by atoms with Crippen LogP contribution in [0, 0.1) is 6.92 Å². The van der Waals surface area contributed by atoms with E-state index in [1.165, 1.54) is 24.3 Å². The van der Waals surface area contributed by atoms with Crippen molar-refractivity contribution >= 4 is 17.5 Å². The molecule has 0 aliphatic heterocycles. The molecule has 0 atom stereocenters. The van der Waals surface area contributed by atoms with Gasteiger partial charge in [0, 0.05) is 30.1 Å². The van der Waals surface area contributed by atoms with Crippen LogP contribution in [0.25, 0.3) is 0 Å². The van der Waals surface area contributed by atoms with Gasteiger partial charge in [0.25, 0.3) is 18.2 Å². The number of carbonyl (C=O) groups is 2. The third-order valence-electron chi connectivity index (χ3n) is 3.86. The molecule has 0 bridgehead atoms. The van der Waals surface area contributed by atoms with Crippen molar-refractivity contribution in [2.75, 3.05) is 11.9 Å². The van der Waals surface area contributed by atoms with Gasteiger partial charge in [0.15, 0.2) is 0 Å². The van der Waals surface area contributed by atoms with Gasteiger partial charge >= 0.3 is 0 Å². The molecule has 0 aliphatic carbocycles. The van der Waals surface area contributed by atoms with E-state index in [9.17, 15) is 18.4 Å². The molecule has 1 aromatic heterocycles. The van der Waals surface area contributed by atoms with Crippen LogP contribution < -0.4 is 10.2 Å². The number of rotatable bonds is 7. The first kappa shape index (κ1) is 19.3. The number of carbonyl (C=O) groups excluding carboxylic acids is 2. The van der Waals surface area contributed by atoms with E-state index in [1.807, 2.05) is 0 Å². The minimum absolute atomic E-state index is 0.117. The molecule has 138 valence electrons. The molecule has 26 heavy (non-hydrogen) atoms. The van der Waals surface area contributed by atoms with Crippen LogP contribution in [0.1, 0.15) is 21.5 Å². The summed E-state index contributed by atoms with van der Waals surface area (Å²) < 4.78 is 26.1. The number of nitrogens with zero attached hydrogens (tertiary/aromatic N) is 3. The zero-order chi connectivity index (χ0) is 19.3. The molecule has 0 fully saturated rings. The molecule has 0 saturated heterocycles. The van der Waals surface area contributed by atoms with Crippen molar-refractivity contribution in [3.8, 4) is 0 Å². The van der Waals surface area contributed by atoms with Crippen molar-refractivity contribution in [3.05, 3.63) is 59.9 Å². The van der Waals surface area contributed by atoms with Crippen molar-refractivity contribution in [1.29, 1.82) is 0 Å². The van der Waals surface area contributed by atoms with Crippen LogP contribution in [0.3, 0.4) is 0 Å². The van der Waals surface area contributed by atoms with E-state index >= 15 is 0 Å². The summed E-state index contributed by atoms with van der Waals surface area (Å²) in [5.74, 6) is -0.635. The van der Waals surface area contributed by atoms with E-state index in [4.69, 9.17) is 0 Å². The number of aromatic nitrogens is 2. The maximum atomic E-state index is 12.5. The molecule has 2 amide bonds. The number of amides is 2. The number of anilines is 1. The number of hydrogen-bond acceptors (Lipinski definition) is 3. The molecule has 2 aromatic rings. The first-order chi connectivity index (χ1) is 12.4. The van der Waals surface area contributed by atoms with Crippen molar-refractivity contribution in [1.82, 2.24) is 15.1 Å². The first-order valence-electron chi connectivity index (χ1n) is 7.92. The van der Waals surface area contributed by atoms with E-state index < -0.39 is 13.0 Å². The number of benzene rings is 1. The predicted molar refractivity (Wildman–Crippen MR) is 94.2 cm³/mol. The second-order valence-corrected chi connectivity index (χ2v) is 5.62. The molecule has 0 saturated carbocycles. The standard InChI is InChI=1S/C18H20F2N4O2/c1-4-17(25)24(10-13-8-22-23(9-13)11-16(19)20)15-7-5-6-14(12(15)2)18(26)21-3/h4-9,16H,1,10-11H2,2-3H3,(H,21,26). The van der Waals surface area contributed by atoms with Crippen LogP contribution >= 0.6 is 0 Å². The highest BCUT2D eigenvalue weighted by Gasteiger charge is 2.20. The highest BCUT2D eigenvalue weighted by Crippen LogP contribution is 2.25. The third kappa shape index (κ3) is 4.33. The molecule has 1 N–H and O–H groups in total. The average molecular weight is 362 g/mol. The number of nitrogens with one attached hydrogen (secondary N) is 1. The van der Waals surface area contributed by atoms with Crippen LogP contribution in [0.2, 0.25) is 0 Å². The minimum atomic E-state index is -2.51. The average Bonchev–Trinajstić information content (AvgIpc) is 3.05. The van der Waals surface area contributed by atoms with Crippen molar-refractivity contribution in [2.24, 2.45) is 0 Å². The molecule has 0 aliphatic rings. The van der Waals surface area contributed by atoms with E-state index in [1.54, 1.807) is 25.1 Å². The topological polar surface area (TPSA) is 67.2 Å². The summed E-state index contributed by atoms with van der Waals surface area (Å²) in [4.78, 5) is 25.8. The largest absolute Gasteiger partial charge is 0.355 e. The summed E-state index contributed by atoms with van der Waals surface area (Å²) in [7, 11) is 1.53. The monoisotopic (exact) mass is 362 g/mol. The molecule has 0 radical (unpaired) electrons. The fourth-order valence-corrected chi connectivity index (χ4v) is 2.60. The van der Waals surface area contributed by atoms with Crippen LogP contribution in [-0.2, 0) is 17.9 Å². The summed E-state index contributed by atoms with van der Waals surface area (Å²) in [6.07, 6.45) is 1.55. The maximum Gasteiger partial charge on any atom is 0.257 e. The quantitative estimate of drug-likeness (QED) is 0.770. The second kappa shape index (κ2) is 8.37. The van der Waals surface area contributed by atoms with Crippen LogP contribution in [0.4, 0.5) is 14.5 Å². The van der Waals surface area contributed by atoms with E-state index in [0.717, 1.165) is 10.8 Å². The second-order valence-electron chi connectivity index (χ2n) is 5.62. The van der Waals surface area contributed by atoms with E-state index in [0.29, 0.717) is 22.4 Å². The molecule has 6 nitrogen and oxygen atoms in total. The summed E-state index contributed by atoms with van der Waals surface area (Å²) in [6.45, 7) is 4.85. The molecular formula is C18H20F2N4O2. The summed E-state index contributed by atoms with van der Waals surface area (Å²) in [5, 5.41) is 6.43. The Bertz CT molecular complexity index is 817. The molecule has 1 aromatic carbocycles. The zero-order valence-corrected chi connectivity index (χ0v) is 14.6. The van der Waals surface area contributed by atoms with Gasteiger partial charge in [-0.1, -0.05) is 12.6 Å². The van der Waals surface area contributed by atoms with Gasteiger partial charge < -0.3 is 10.2 Å². The van der Waals surface area contributed by atoms with Crippen LogP contribution in [0.15, 0.2) is 43.2 Å². The molecule has 2 rings (SSSR count). The number of halogens is 2. The lowest BCUT2D eigenvalue weighted by Gasteiger charge is -2.24. The van der Waals surface area contributed by atoms with Gasteiger partial charge in [0.05, 0.1) is 12.7 Å². The Balaban J connectivity index is 2.37. The normalized spacial score (nSPS) is 10.7. The van der Waals surface area contributed by atoms with Gasteiger partial charge in [0.1, 0.15) is 6.54 Å². The Morgan fingerprint density at radius 3 is 2.77 bits per heavy atom. The summed E-state index contributed by atoms with van der Waals surface area (Å²) in [5.41, 5.74) is 2.20. The number of hydrogen-bond donors (Lipinski definition) is 1. The molecule has 8 heteroatoms. The smallest absolute Gasteiger partial charge is 0.257 e. The van der Waals surface area contributed by atoms with E-state index in [2.05, 4.69) is 17.0 Å². The number of alkyl halides is 2. The Labute approximate surface area is 150 Å². The highest BCUT2D eigenvalue weighted by molar-refractivity contribution is 6.03. The Hall–Kier alpha value is -3.03. The molecule has 0 unspecified atom stereocenters. The van der Waals surface area contributed by atoms with Gasteiger partial charge in [-0.3, -0.25) is 14.3 Å². The Morgan fingerprint density at radius 1 is 1.42 bits per heavy atom. The lowest BCUT2D eigenvalue weighted by molar-refractivity contribution is -0.114. The first-order valence-corrected chi connectivity index (χ1v) is 7.92. The third-order valence-corrected chi connectivity index (χ3v) is 3.86. The molecular weight excluding hydrogens is 342 g/mol. The van der Waals surface area contributed by atoms with Gasteiger partial charge in [-0.2, -0.15) is 5.10 Å². The fraction of sp³-hybridized carbons (Fsp3) is 0.278. The van der Waals surface area contributed by atoms with Gasteiger partial charge in [-0.25, -0.2) is 8.78 Å². The minimum Gasteiger partial charge on any atom is -0.355 e. The van der Waals surface area contributed by atoms with Gasteiger partial charge in [-0.05, 0) is 30.7 Å². The van der Waals surface area contributed by atoms with Gasteiger partial charge in [0.2, 0.25) is 0 Å². The van der Waals surface area contributed by atoms with Crippen molar-refractivity contribution in [3.63, 3.8) is 0 Å². The predicted octanol–water partition coefficient (Wildman–Crippen LogP) is 2.54. The molecule has 1 heterocycles. The van der Waals surface area contributed by atoms with Crippen LogP contribution in [0.5, 0.6) is 0 Å². The lowest BCUT2D eigenvalue weighted by Crippen LogP contribution is -2.30. The van der Waals surface area contributed by atoms with Crippen molar-refractivity contribution in [2.45, 2.75) is 26.4 Å². The maximum absolute atomic E-state index is 12.5. The highest BCUT2D eigenvalue weighted by atomic mass is 19.3. The van der Waals surface area contributed by atoms with E-state index in [-0.39, 0.29) is 18.4 Å². The molecule has 0 spiro atoms. The fourth-order valence-electron chi connectivity index (χ4n) is 2.60. The zero-order valence-electron chi connectivity index (χ0n) is 14.6.